The Balaban J connectivity index is 1.41. The number of piperidine rings is 2. The molecule has 1 N–H and O–H groups in total. The zero-order valence-electron chi connectivity index (χ0n) is 15.3. The number of nitrogens with zero attached hydrogens (tertiary/aromatic N) is 4. The third kappa shape index (κ3) is 3.51. The molecular weight excluding hydrogens is 326 g/mol. The molecule has 4 rings (SSSR count). The van der Waals surface area contributed by atoms with Gasteiger partial charge in [-0.1, -0.05) is 42.5 Å². The Hall–Kier alpha value is -2.21. The predicted octanol–water partition coefficient (Wildman–Crippen LogP) is 2.47. The van der Waals surface area contributed by atoms with Crippen LogP contribution in [0.15, 0.2) is 36.5 Å². The quantitative estimate of drug-likeness (QED) is 0.921. The average Bonchev–Trinajstić information content (AvgIpc) is 3.19. The molecule has 2 aliphatic heterocycles. The van der Waals surface area contributed by atoms with Crippen LogP contribution < -0.4 is 5.32 Å². The topological polar surface area (TPSA) is 63.1 Å². The minimum absolute atomic E-state index is 0.0172. The minimum atomic E-state index is 0.0172. The molecule has 0 spiro atoms. The minimum Gasteiger partial charge on any atom is -0.337 e. The van der Waals surface area contributed by atoms with E-state index in [9.17, 15) is 4.79 Å². The number of hydrogen-bond acceptors (Lipinski definition) is 4. The van der Waals surface area contributed by atoms with Gasteiger partial charge in [-0.05, 0) is 49.8 Å². The first-order valence-corrected chi connectivity index (χ1v) is 9.69. The maximum Gasteiger partial charge on any atom is 0.276 e. The lowest BCUT2D eigenvalue weighted by atomic mass is 9.81. The summed E-state index contributed by atoms with van der Waals surface area (Å²) in [5.74, 6) is 0.976. The van der Waals surface area contributed by atoms with Crippen molar-refractivity contribution in [3.63, 3.8) is 0 Å². The van der Waals surface area contributed by atoms with Gasteiger partial charge in [0.05, 0.1) is 12.2 Å². The predicted molar refractivity (Wildman–Crippen MR) is 100 cm³/mol. The summed E-state index contributed by atoms with van der Waals surface area (Å²) < 4.78 is 1.88. The summed E-state index contributed by atoms with van der Waals surface area (Å²) >= 11 is 0. The molecule has 2 saturated heterocycles. The van der Waals surface area contributed by atoms with E-state index in [1.807, 2.05) is 15.8 Å². The number of carbonyl (C=O) groups excluding carboxylic acids is 1. The van der Waals surface area contributed by atoms with E-state index in [1.54, 1.807) is 0 Å². The van der Waals surface area contributed by atoms with Crippen molar-refractivity contribution in [3.05, 3.63) is 47.8 Å². The van der Waals surface area contributed by atoms with Crippen LogP contribution in [-0.4, -0.2) is 52.0 Å². The smallest absolute Gasteiger partial charge is 0.276 e. The highest BCUT2D eigenvalue weighted by atomic mass is 16.2. The number of amides is 1. The molecule has 6 heteroatoms. The lowest BCUT2D eigenvalue weighted by Gasteiger charge is -2.36. The summed E-state index contributed by atoms with van der Waals surface area (Å²) in [6.45, 7) is 5.79. The van der Waals surface area contributed by atoms with Gasteiger partial charge in [0.1, 0.15) is 0 Å². The first kappa shape index (κ1) is 17.2. The summed E-state index contributed by atoms with van der Waals surface area (Å²) in [5.41, 5.74) is 1.86. The Bertz CT molecular complexity index is 738. The molecule has 2 aromatic rings. The van der Waals surface area contributed by atoms with Gasteiger partial charge in [0.15, 0.2) is 5.69 Å². The zero-order valence-corrected chi connectivity index (χ0v) is 15.3. The fourth-order valence-corrected chi connectivity index (χ4v) is 4.31. The molecular formula is C20H27N5O. The highest BCUT2D eigenvalue weighted by Gasteiger charge is 2.31. The summed E-state index contributed by atoms with van der Waals surface area (Å²) in [7, 11) is 0. The Morgan fingerprint density at radius 1 is 1.15 bits per heavy atom. The average molecular weight is 353 g/mol. The number of benzene rings is 1. The van der Waals surface area contributed by atoms with Gasteiger partial charge in [-0.25, -0.2) is 4.68 Å². The van der Waals surface area contributed by atoms with E-state index in [4.69, 9.17) is 0 Å². The van der Waals surface area contributed by atoms with Gasteiger partial charge in [-0.15, -0.1) is 5.10 Å². The lowest BCUT2D eigenvalue weighted by molar-refractivity contribution is 0.0654. The SMILES string of the molecule is C[C@H]1CN(C(=O)c2cn(C3CCNCC3)nn2)CC[C@@H]1c1ccccc1. The number of rotatable bonds is 3. The molecule has 138 valence electrons. The Kier molecular flexibility index (Phi) is 5.02. The summed E-state index contributed by atoms with van der Waals surface area (Å²) in [5, 5.41) is 11.8. The molecule has 2 fully saturated rings. The van der Waals surface area contributed by atoms with Crippen molar-refractivity contribution in [2.75, 3.05) is 26.2 Å². The van der Waals surface area contributed by atoms with Crippen molar-refractivity contribution in [1.29, 1.82) is 0 Å². The molecule has 0 saturated carbocycles. The van der Waals surface area contributed by atoms with Crippen LogP contribution in [0.1, 0.15) is 54.2 Å². The van der Waals surface area contributed by atoms with E-state index in [2.05, 4.69) is 52.9 Å². The van der Waals surface area contributed by atoms with Crippen LogP contribution in [0, 0.1) is 5.92 Å². The molecule has 0 radical (unpaired) electrons. The number of carbonyl (C=O) groups is 1. The molecule has 3 heterocycles. The van der Waals surface area contributed by atoms with Gasteiger partial charge in [0, 0.05) is 13.1 Å². The fraction of sp³-hybridized carbons (Fsp3) is 0.550. The normalized spacial score (nSPS) is 24.6. The molecule has 0 unspecified atom stereocenters. The van der Waals surface area contributed by atoms with Crippen LogP contribution in [0.3, 0.4) is 0 Å². The Morgan fingerprint density at radius 3 is 2.65 bits per heavy atom. The van der Waals surface area contributed by atoms with Gasteiger partial charge in [-0.2, -0.15) is 0 Å². The van der Waals surface area contributed by atoms with E-state index >= 15 is 0 Å². The highest BCUT2D eigenvalue weighted by molar-refractivity contribution is 5.92. The van der Waals surface area contributed by atoms with Crippen molar-refractivity contribution >= 4 is 5.91 Å². The molecule has 1 amide bonds. The van der Waals surface area contributed by atoms with Crippen LogP contribution in [0.2, 0.25) is 0 Å². The maximum absolute atomic E-state index is 12.9. The molecule has 1 aromatic heterocycles. The maximum atomic E-state index is 12.9. The lowest BCUT2D eigenvalue weighted by Crippen LogP contribution is -2.42. The van der Waals surface area contributed by atoms with Gasteiger partial charge >= 0.3 is 0 Å². The third-order valence-corrected chi connectivity index (χ3v) is 5.83. The monoisotopic (exact) mass is 353 g/mol. The van der Waals surface area contributed by atoms with Crippen molar-refractivity contribution in [1.82, 2.24) is 25.2 Å². The molecule has 26 heavy (non-hydrogen) atoms. The molecule has 0 bridgehead atoms. The van der Waals surface area contributed by atoms with Crippen LogP contribution in [0.4, 0.5) is 0 Å². The van der Waals surface area contributed by atoms with E-state index in [1.165, 1.54) is 5.56 Å². The number of likely N-dealkylation sites (tertiary alicyclic amines) is 1. The van der Waals surface area contributed by atoms with Crippen molar-refractivity contribution < 1.29 is 4.79 Å². The largest absolute Gasteiger partial charge is 0.337 e. The molecule has 1 aromatic carbocycles. The third-order valence-electron chi connectivity index (χ3n) is 5.83. The molecule has 6 nitrogen and oxygen atoms in total. The van der Waals surface area contributed by atoms with E-state index in [-0.39, 0.29) is 5.91 Å². The van der Waals surface area contributed by atoms with E-state index in [0.717, 1.165) is 45.4 Å². The summed E-state index contributed by atoms with van der Waals surface area (Å²) in [4.78, 5) is 14.8. The van der Waals surface area contributed by atoms with Crippen molar-refractivity contribution in [2.45, 2.75) is 38.1 Å². The molecule has 2 aliphatic rings. The Labute approximate surface area is 154 Å². The van der Waals surface area contributed by atoms with Gasteiger partial charge in [0.25, 0.3) is 5.91 Å². The summed E-state index contributed by atoms with van der Waals surface area (Å²) in [6, 6.07) is 11.0. The van der Waals surface area contributed by atoms with Crippen LogP contribution in [0.5, 0.6) is 0 Å². The first-order valence-electron chi connectivity index (χ1n) is 9.69. The second-order valence-corrected chi connectivity index (χ2v) is 7.60. The highest BCUT2D eigenvalue weighted by Crippen LogP contribution is 2.33. The van der Waals surface area contributed by atoms with E-state index < -0.39 is 0 Å². The number of aromatic nitrogens is 3. The second kappa shape index (κ2) is 7.58. The summed E-state index contributed by atoms with van der Waals surface area (Å²) in [6.07, 6.45) is 4.92. The van der Waals surface area contributed by atoms with Crippen LogP contribution >= 0.6 is 0 Å². The van der Waals surface area contributed by atoms with Crippen molar-refractivity contribution in [3.8, 4) is 0 Å². The second-order valence-electron chi connectivity index (χ2n) is 7.60. The number of nitrogens with one attached hydrogen (secondary N) is 1. The van der Waals surface area contributed by atoms with Gasteiger partial charge < -0.3 is 10.2 Å². The van der Waals surface area contributed by atoms with Gasteiger partial charge in [-0.3, -0.25) is 4.79 Å². The van der Waals surface area contributed by atoms with Crippen LogP contribution in [-0.2, 0) is 0 Å². The molecule has 0 aliphatic carbocycles. The number of hydrogen-bond donors (Lipinski definition) is 1. The Morgan fingerprint density at radius 2 is 1.92 bits per heavy atom. The van der Waals surface area contributed by atoms with Crippen LogP contribution in [0.25, 0.3) is 0 Å². The first-order chi connectivity index (χ1) is 12.7. The van der Waals surface area contributed by atoms with Gasteiger partial charge in [0.2, 0.25) is 0 Å². The fourth-order valence-electron chi connectivity index (χ4n) is 4.31. The molecule has 2 atom stereocenters. The zero-order chi connectivity index (χ0) is 17.9. The van der Waals surface area contributed by atoms with E-state index in [0.29, 0.717) is 23.6 Å². The van der Waals surface area contributed by atoms with Crippen molar-refractivity contribution in [2.24, 2.45) is 5.92 Å². The standard InChI is InChI=1S/C20H27N5O/c1-15-13-24(12-9-18(15)16-5-3-2-4-6-16)20(26)19-14-25(23-22-19)17-7-10-21-11-8-17/h2-6,14-15,17-18,21H,7-13H2,1H3/t15-,18-/m0/s1.